The van der Waals surface area contributed by atoms with E-state index in [1.807, 2.05) is 12.3 Å². The Balaban J connectivity index is 2.20. The molecule has 1 fully saturated rings. The van der Waals surface area contributed by atoms with Gasteiger partial charge in [0.1, 0.15) is 5.82 Å². The van der Waals surface area contributed by atoms with Crippen LogP contribution in [0.4, 0.5) is 5.82 Å². The molecule has 1 aromatic heterocycles. The van der Waals surface area contributed by atoms with Gasteiger partial charge in [-0.25, -0.2) is 4.98 Å². The van der Waals surface area contributed by atoms with Crippen LogP contribution in [0.5, 0.6) is 0 Å². The molecule has 1 aromatic rings. The first-order valence-electron chi connectivity index (χ1n) is 5.56. The zero-order chi connectivity index (χ0) is 10.9. The molecule has 1 saturated carbocycles. The van der Waals surface area contributed by atoms with Gasteiger partial charge in [-0.3, -0.25) is 0 Å². The molecule has 1 aliphatic rings. The first-order valence-corrected chi connectivity index (χ1v) is 6.35. The fourth-order valence-electron chi connectivity index (χ4n) is 2.05. The van der Waals surface area contributed by atoms with Crippen LogP contribution >= 0.6 is 15.9 Å². The molecule has 0 unspecified atom stereocenters. The Hall–Kier alpha value is -0.570. The van der Waals surface area contributed by atoms with Crippen LogP contribution < -0.4 is 5.32 Å². The fourth-order valence-corrected chi connectivity index (χ4v) is 2.38. The van der Waals surface area contributed by atoms with Gasteiger partial charge in [-0.15, -0.1) is 0 Å². The van der Waals surface area contributed by atoms with Crippen molar-refractivity contribution in [3.63, 3.8) is 0 Å². The Labute approximate surface area is 99.6 Å². The lowest BCUT2D eigenvalue weighted by Gasteiger charge is -2.42. The number of pyridine rings is 1. The van der Waals surface area contributed by atoms with Gasteiger partial charge in [-0.2, -0.15) is 0 Å². The molecule has 3 heteroatoms. The lowest BCUT2D eigenvalue weighted by atomic mass is 9.75. The summed E-state index contributed by atoms with van der Waals surface area (Å²) in [5.41, 5.74) is 1.54. The lowest BCUT2D eigenvalue weighted by Crippen LogP contribution is -2.44. The average molecular weight is 269 g/mol. The lowest BCUT2D eigenvalue weighted by molar-refractivity contribution is 0.268. The normalized spacial score (nSPS) is 18.3. The highest BCUT2D eigenvalue weighted by molar-refractivity contribution is 9.10. The Kier molecular flexibility index (Phi) is 3.01. The minimum atomic E-state index is 0.309. The summed E-state index contributed by atoms with van der Waals surface area (Å²) in [6.07, 6.45) is 6.92. The number of aryl methyl sites for hydroxylation is 1. The Morgan fingerprint density at radius 1 is 1.53 bits per heavy atom. The van der Waals surface area contributed by atoms with Gasteiger partial charge in [0.2, 0.25) is 0 Å². The fraction of sp³-hybridized carbons (Fsp3) is 0.583. The predicted octanol–water partition coefficient (Wildman–Crippen LogP) is 3.90. The number of rotatable bonds is 3. The number of hydrogen-bond donors (Lipinski definition) is 1. The molecule has 0 radical (unpaired) electrons. The third-order valence-electron chi connectivity index (χ3n) is 3.45. The number of halogens is 1. The van der Waals surface area contributed by atoms with Crippen molar-refractivity contribution < 1.29 is 0 Å². The zero-order valence-corrected chi connectivity index (χ0v) is 10.9. The molecule has 1 heterocycles. The van der Waals surface area contributed by atoms with Crippen molar-refractivity contribution in [1.29, 1.82) is 0 Å². The van der Waals surface area contributed by atoms with Gasteiger partial charge in [0, 0.05) is 11.7 Å². The Bertz CT molecular complexity index is 353. The van der Waals surface area contributed by atoms with Crippen molar-refractivity contribution in [3.05, 3.63) is 22.3 Å². The maximum Gasteiger partial charge on any atom is 0.140 e. The van der Waals surface area contributed by atoms with E-state index in [4.69, 9.17) is 0 Å². The molecule has 0 atom stereocenters. The summed E-state index contributed by atoms with van der Waals surface area (Å²) in [4.78, 5) is 4.40. The third-order valence-corrected chi connectivity index (χ3v) is 4.45. The first-order chi connectivity index (χ1) is 7.17. The average Bonchev–Trinajstić information content (AvgIpc) is 2.18. The van der Waals surface area contributed by atoms with Crippen LogP contribution in [0.15, 0.2) is 16.7 Å². The first kappa shape index (κ1) is 10.9. The van der Waals surface area contributed by atoms with Crippen LogP contribution in [0.2, 0.25) is 0 Å². The molecular formula is C12H17BrN2. The molecular weight excluding hydrogens is 252 g/mol. The van der Waals surface area contributed by atoms with Crippen LogP contribution in [0, 0.1) is 6.92 Å². The molecule has 0 saturated heterocycles. The number of nitrogens with one attached hydrogen (secondary N) is 1. The van der Waals surface area contributed by atoms with Gasteiger partial charge in [0.25, 0.3) is 0 Å². The van der Waals surface area contributed by atoms with Crippen molar-refractivity contribution in [3.8, 4) is 0 Å². The summed E-state index contributed by atoms with van der Waals surface area (Å²) in [5.74, 6) is 0.997. The maximum absolute atomic E-state index is 4.40. The molecule has 2 rings (SSSR count). The van der Waals surface area contributed by atoms with Crippen molar-refractivity contribution in [2.24, 2.45) is 0 Å². The summed E-state index contributed by atoms with van der Waals surface area (Å²) >= 11 is 3.59. The smallest absolute Gasteiger partial charge is 0.140 e. The zero-order valence-electron chi connectivity index (χ0n) is 9.31. The van der Waals surface area contributed by atoms with Gasteiger partial charge in [0.05, 0.1) is 4.47 Å². The second-order valence-corrected chi connectivity index (χ2v) is 5.20. The number of aromatic nitrogens is 1. The SMILES string of the molecule is CCC1(Nc2nccc(C)c2Br)CCC1. The summed E-state index contributed by atoms with van der Waals surface area (Å²) < 4.78 is 1.10. The van der Waals surface area contributed by atoms with Crippen LogP contribution in [0.1, 0.15) is 38.2 Å². The molecule has 0 spiro atoms. The maximum atomic E-state index is 4.40. The van der Waals surface area contributed by atoms with Gasteiger partial charge in [-0.1, -0.05) is 6.92 Å². The second kappa shape index (κ2) is 4.12. The minimum absolute atomic E-state index is 0.309. The molecule has 0 bridgehead atoms. The van der Waals surface area contributed by atoms with E-state index in [2.05, 4.69) is 40.1 Å². The van der Waals surface area contributed by atoms with E-state index in [0.29, 0.717) is 5.54 Å². The summed E-state index contributed by atoms with van der Waals surface area (Å²) in [6, 6.07) is 2.02. The quantitative estimate of drug-likeness (QED) is 0.900. The summed E-state index contributed by atoms with van der Waals surface area (Å²) in [7, 11) is 0. The van der Waals surface area contributed by atoms with Crippen LogP contribution in [0.25, 0.3) is 0 Å². The minimum Gasteiger partial charge on any atom is -0.364 e. The molecule has 0 aromatic carbocycles. The van der Waals surface area contributed by atoms with Crippen LogP contribution in [-0.4, -0.2) is 10.5 Å². The monoisotopic (exact) mass is 268 g/mol. The van der Waals surface area contributed by atoms with E-state index < -0.39 is 0 Å². The summed E-state index contributed by atoms with van der Waals surface area (Å²) in [6.45, 7) is 4.34. The van der Waals surface area contributed by atoms with E-state index in [1.54, 1.807) is 0 Å². The number of anilines is 1. The molecule has 0 aliphatic heterocycles. The van der Waals surface area contributed by atoms with Crippen molar-refractivity contribution >= 4 is 21.7 Å². The van der Waals surface area contributed by atoms with Gasteiger partial charge < -0.3 is 5.32 Å². The Morgan fingerprint density at radius 2 is 2.27 bits per heavy atom. The van der Waals surface area contributed by atoms with Crippen molar-refractivity contribution in [1.82, 2.24) is 4.98 Å². The van der Waals surface area contributed by atoms with Gasteiger partial charge in [0.15, 0.2) is 0 Å². The Morgan fingerprint density at radius 3 is 2.80 bits per heavy atom. The summed E-state index contributed by atoms with van der Waals surface area (Å²) in [5, 5.41) is 3.59. The molecule has 1 N–H and O–H groups in total. The number of nitrogens with zero attached hydrogens (tertiary/aromatic N) is 1. The topological polar surface area (TPSA) is 24.9 Å². The highest BCUT2D eigenvalue weighted by Gasteiger charge is 2.35. The number of hydrogen-bond acceptors (Lipinski definition) is 2. The van der Waals surface area contributed by atoms with Gasteiger partial charge >= 0.3 is 0 Å². The molecule has 15 heavy (non-hydrogen) atoms. The highest BCUT2D eigenvalue weighted by atomic mass is 79.9. The van der Waals surface area contributed by atoms with Crippen LogP contribution in [-0.2, 0) is 0 Å². The molecule has 2 nitrogen and oxygen atoms in total. The third kappa shape index (κ3) is 2.03. The van der Waals surface area contributed by atoms with E-state index in [-0.39, 0.29) is 0 Å². The largest absolute Gasteiger partial charge is 0.364 e. The van der Waals surface area contributed by atoms with Gasteiger partial charge in [-0.05, 0) is 60.2 Å². The standard InChI is InChI=1S/C12H17BrN2/c1-3-12(6-4-7-12)15-11-10(13)9(2)5-8-14-11/h5,8H,3-4,6-7H2,1-2H3,(H,14,15). The van der Waals surface area contributed by atoms with E-state index in [9.17, 15) is 0 Å². The van der Waals surface area contributed by atoms with Crippen molar-refractivity contribution in [2.75, 3.05) is 5.32 Å². The molecule has 0 amide bonds. The molecule has 1 aliphatic carbocycles. The van der Waals surface area contributed by atoms with E-state index >= 15 is 0 Å². The van der Waals surface area contributed by atoms with E-state index in [0.717, 1.165) is 10.3 Å². The van der Waals surface area contributed by atoms with Crippen molar-refractivity contribution in [2.45, 2.75) is 45.1 Å². The van der Waals surface area contributed by atoms with Crippen LogP contribution in [0.3, 0.4) is 0 Å². The van der Waals surface area contributed by atoms with E-state index in [1.165, 1.54) is 31.2 Å². The second-order valence-electron chi connectivity index (χ2n) is 4.40. The molecule has 82 valence electrons. The predicted molar refractivity (Wildman–Crippen MR) is 67.2 cm³/mol. The highest BCUT2D eigenvalue weighted by Crippen LogP contribution is 2.39.